The normalized spacial score (nSPS) is 16.2. The molecule has 0 unspecified atom stereocenters. The Kier molecular flexibility index (Phi) is 9.00. The fourth-order valence-electron chi connectivity index (χ4n) is 5.64. The summed E-state index contributed by atoms with van der Waals surface area (Å²) in [6.07, 6.45) is 1.75. The van der Waals surface area contributed by atoms with Gasteiger partial charge in [0.2, 0.25) is 5.91 Å². The molecule has 4 aromatic rings. The highest BCUT2D eigenvalue weighted by Crippen LogP contribution is 2.34. The monoisotopic (exact) mass is 640 g/mol. The van der Waals surface area contributed by atoms with Gasteiger partial charge in [-0.05, 0) is 97.4 Å². The molecule has 6 rings (SSSR count). The van der Waals surface area contributed by atoms with Crippen LogP contribution in [-0.4, -0.2) is 64.1 Å². The van der Waals surface area contributed by atoms with Crippen molar-refractivity contribution >= 4 is 52.2 Å². The minimum absolute atomic E-state index is 0.218. The molecule has 1 aromatic heterocycles. The summed E-state index contributed by atoms with van der Waals surface area (Å²) >= 11 is 6.84. The number of aromatic nitrogens is 1. The van der Waals surface area contributed by atoms with E-state index < -0.39 is 11.1 Å². The van der Waals surface area contributed by atoms with Gasteiger partial charge < -0.3 is 19.1 Å². The van der Waals surface area contributed by atoms with Crippen molar-refractivity contribution in [3.05, 3.63) is 117 Å². The lowest BCUT2D eigenvalue weighted by molar-refractivity contribution is -0.136. The van der Waals surface area contributed by atoms with Crippen molar-refractivity contribution in [3.8, 4) is 11.4 Å². The molecule has 2 aliphatic heterocycles. The number of hydrogen-bond donors (Lipinski definition) is 0. The fraction of sp³-hybridized carbons (Fsp3) is 0.229. The third kappa shape index (κ3) is 6.79. The first-order chi connectivity index (χ1) is 21.8. The lowest BCUT2D eigenvalue weighted by Crippen LogP contribution is -2.51. The summed E-state index contributed by atoms with van der Waals surface area (Å²) in [6, 6.07) is 27.4. The number of imide groups is 1. The van der Waals surface area contributed by atoms with Gasteiger partial charge in [-0.25, -0.2) is 0 Å². The van der Waals surface area contributed by atoms with E-state index in [1.807, 2.05) is 86.6 Å². The Balaban J connectivity index is 1.09. The summed E-state index contributed by atoms with van der Waals surface area (Å²) < 4.78 is 8.03. The first-order valence-corrected chi connectivity index (χ1v) is 16.0. The molecule has 0 N–H and O–H groups in total. The van der Waals surface area contributed by atoms with Crippen LogP contribution >= 0.6 is 23.4 Å². The van der Waals surface area contributed by atoms with Crippen molar-refractivity contribution in [2.45, 2.75) is 20.5 Å². The Bertz CT molecular complexity index is 1740. The summed E-state index contributed by atoms with van der Waals surface area (Å²) in [6.45, 7) is 6.65. The predicted octanol–water partition coefficient (Wildman–Crippen LogP) is 6.71. The van der Waals surface area contributed by atoms with Crippen molar-refractivity contribution in [2.75, 3.05) is 37.6 Å². The molecule has 8 nitrogen and oxygen atoms in total. The van der Waals surface area contributed by atoms with E-state index in [0.29, 0.717) is 42.7 Å². The van der Waals surface area contributed by atoms with E-state index in [9.17, 15) is 14.4 Å². The van der Waals surface area contributed by atoms with Gasteiger partial charge in [0.1, 0.15) is 18.9 Å². The number of thioether (sulfide) groups is 1. The molecule has 3 amide bonds. The zero-order chi connectivity index (χ0) is 31.5. The summed E-state index contributed by atoms with van der Waals surface area (Å²) in [4.78, 5) is 44.5. The summed E-state index contributed by atoms with van der Waals surface area (Å²) in [5.41, 5.74) is 5.86. The molecule has 45 heavy (non-hydrogen) atoms. The number of ether oxygens (including phenoxy) is 1. The molecule has 3 aromatic carbocycles. The summed E-state index contributed by atoms with van der Waals surface area (Å²) in [5, 5.41) is 0.264. The van der Waals surface area contributed by atoms with Crippen LogP contribution in [0.4, 0.5) is 10.5 Å². The lowest BCUT2D eigenvalue weighted by atomic mass is 10.2. The van der Waals surface area contributed by atoms with Crippen molar-refractivity contribution in [3.63, 3.8) is 0 Å². The smallest absolute Gasteiger partial charge is 0.294 e. The second-order valence-electron chi connectivity index (χ2n) is 11.0. The zero-order valence-electron chi connectivity index (χ0n) is 25.1. The highest BCUT2D eigenvalue weighted by Gasteiger charge is 2.37. The number of amides is 3. The minimum atomic E-state index is -0.437. The highest BCUT2D eigenvalue weighted by atomic mass is 35.5. The Hall–Kier alpha value is -4.47. The molecule has 10 heteroatoms. The second-order valence-corrected chi connectivity index (χ2v) is 12.5. The van der Waals surface area contributed by atoms with Crippen molar-refractivity contribution in [2.24, 2.45) is 0 Å². The highest BCUT2D eigenvalue weighted by molar-refractivity contribution is 8.18. The minimum Gasteiger partial charge on any atom is -0.489 e. The second kappa shape index (κ2) is 13.3. The molecule has 0 aliphatic carbocycles. The number of anilines is 1. The first-order valence-electron chi connectivity index (χ1n) is 14.8. The Labute approximate surface area is 271 Å². The van der Waals surface area contributed by atoms with Crippen LogP contribution in [0.15, 0.2) is 89.8 Å². The van der Waals surface area contributed by atoms with Crippen LogP contribution in [0.5, 0.6) is 5.75 Å². The van der Waals surface area contributed by atoms with Gasteiger partial charge in [-0.15, -0.1) is 0 Å². The Morgan fingerprint density at radius 1 is 0.889 bits per heavy atom. The van der Waals surface area contributed by atoms with E-state index in [2.05, 4.69) is 21.6 Å². The van der Waals surface area contributed by atoms with Gasteiger partial charge in [0, 0.05) is 54.0 Å². The SMILES string of the molecule is Cc1cc(/C=C2/SC(=O)N(CC(=O)N3CCN(c4ccccc4)CC3)C2=O)c(C)n1-c1ccc(OCc2ccc(Cl)cc2)cc1. The molecule has 0 radical (unpaired) electrons. The molecular formula is C35H33ClN4O4S. The maximum atomic E-state index is 13.3. The van der Waals surface area contributed by atoms with E-state index in [4.69, 9.17) is 16.3 Å². The van der Waals surface area contributed by atoms with E-state index >= 15 is 0 Å². The van der Waals surface area contributed by atoms with E-state index in [-0.39, 0.29) is 12.5 Å². The van der Waals surface area contributed by atoms with E-state index in [0.717, 1.165) is 56.3 Å². The average Bonchev–Trinajstić information content (AvgIpc) is 3.49. The van der Waals surface area contributed by atoms with Crippen LogP contribution in [0.1, 0.15) is 22.5 Å². The quantitative estimate of drug-likeness (QED) is 0.199. The van der Waals surface area contributed by atoms with Gasteiger partial charge >= 0.3 is 0 Å². The van der Waals surface area contributed by atoms with Crippen LogP contribution in [0.3, 0.4) is 0 Å². The molecule has 230 valence electrons. The number of carbonyl (C=O) groups excluding carboxylic acids is 3. The third-order valence-electron chi connectivity index (χ3n) is 8.09. The van der Waals surface area contributed by atoms with Crippen molar-refractivity contribution in [1.29, 1.82) is 0 Å². The van der Waals surface area contributed by atoms with E-state index in [1.54, 1.807) is 11.0 Å². The molecule has 2 saturated heterocycles. The zero-order valence-corrected chi connectivity index (χ0v) is 26.7. The molecule has 0 saturated carbocycles. The molecule has 0 bridgehead atoms. The molecule has 0 spiro atoms. The Morgan fingerprint density at radius 3 is 2.27 bits per heavy atom. The molecule has 3 heterocycles. The van der Waals surface area contributed by atoms with E-state index in [1.165, 1.54) is 0 Å². The molecular weight excluding hydrogens is 608 g/mol. The topological polar surface area (TPSA) is 75.1 Å². The van der Waals surface area contributed by atoms with Crippen molar-refractivity contribution in [1.82, 2.24) is 14.4 Å². The van der Waals surface area contributed by atoms with Crippen LogP contribution in [0, 0.1) is 13.8 Å². The van der Waals surface area contributed by atoms with Gasteiger partial charge in [0.05, 0.1) is 4.91 Å². The number of hydrogen-bond acceptors (Lipinski definition) is 6. The molecule has 2 fully saturated rings. The number of para-hydroxylation sites is 1. The number of aryl methyl sites for hydroxylation is 1. The van der Waals surface area contributed by atoms with Gasteiger partial charge in [0.15, 0.2) is 0 Å². The van der Waals surface area contributed by atoms with Gasteiger partial charge in [-0.3, -0.25) is 19.3 Å². The van der Waals surface area contributed by atoms with Crippen LogP contribution in [-0.2, 0) is 16.2 Å². The number of halogens is 1. The standard InChI is InChI=1S/C35H33ClN4O4S/c1-24-20-27(25(2)40(24)30-12-14-31(15-13-30)44-23-26-8-10-28(36)11-9-26)21-32-34(42)39(35(43)45-32)22-33(41)38-18-16-37(17-19-38)29-6-4-3-5-7-29/h3-15,20-21H,16-19,22-23H2,1-2H3/b32-21+. The number of nitrogens with zero attached hydrogens (tertiary/aromatic N) is 4. The van der Waals surface area contributed by atoms with Crippen LogP contribution in [0.25, 0.3) is 11.8 Å². The summed E-state index contributed by atoms with van der Waals surface area (Å²) in [7, 11) is 0. The first kappa shape index (κ1) is 30.6. The van der Waals surface area contributed by atoms with Gasteiger partial charge in [0.25, 0.3) is 11.1 Å². The third-order valence-corrected chi connectivity index (χ3v) is 9.25. The van der Waals surface area contributed by atoms with Crippen molar-refractivity contribution < 1.29 is 19.1 Å². The molecule has 0 atom stereocenters. The largest absolute Gasteiger partial charge is 0.489 e. The fourth-order valence-corrected chi connectivity index (χ4v) is 6.59. The van der Waals surface area contributed by atoms with Gasteiger partial charge in [-0.2, -0.15) is 0 Å². The van der Waals surface area contributed by atoms with Crippen LogP contribution < -0.4 is 9.64 Å². The Morgan fingerprint density at radius 2 is 1.58 bits per heavy atom. The van der Waals surface area contributed by atoms with Gasteiger partial charge in [-0.1, -0.05) is 41.9 Å². The number of carbonyl (C=O) groups is 3. The number of rotatable bonds is 8. The maximum Gasteiger partial charge on any atom is 0.294 e. The summed E-state index contributed by atoms with van der Waals surface area (Å²) in [5.74, 6) is 0.0935. The van der Waals surface area contributed by atoms with Crippen LogP contribution in [0.2, 0.25) is 5.02 Å². The average molecular weight is 641 g/mol. The molecule has 2 aliphatic rings. The lowest BCUT2D eigenvalue weighted by Gasteiger charge is -2.36. The number of benzene rings is 3. The maximum absolute atomic E-state index is 13.3. The number of piperazine rings is 1. The predicted molar refractivity (Wildman–Crippen MR) is 179 cm³/mol.